The van der Waals surface area contributed by atoms with Crippen molar-refractivity contribution in [2.24, 2.45) is 0 Å². The Balaban J connectivity index is 2.42. The Morgan fingerprint density at radius 2 is 1.96 bits per heavy atom. The van der Waals surface area contributed by atoms with Gasteiger partial charge in [-0.05, 0) is 36.2 Å². The van der Waals surface area contributed by atoms with Crippen LogP contribution in [0.5, 0.6) is 5.75 Å². The molecule has 0 aliphatic carbocycles. The molecule has 23 heavy (non-hydrogen) atoms. The third-order valence-corrected chi connectivity index (χ3v) is 4.68. The lowest BCUT2D eigenvalue weighted by Crippen LogP contribution is -2.16. The minimum absolute atomic E-state index is 0.00671. The number of benzene rings is 2. The summed E-state index contributed by atoms with van der Waals surface area (Å²) in [6.07, 6.45) is 0.656. The summed E-state index contributed by atoms with van der Waals surface area (Å²) < 4.78 is 32.2. The molecule has 0 amide bonds. The van der Waals surface area contributed by atoms with Gasteiger partial charge in [-0.1, -0.05) is 19.1 Å². The van der Waals surface area contributed by atoms with Gasteiger partial charge in [0.2, 0.25) is 0 Å². The number of hydrogen-bond donors (Lipinski definition) is 2. The van der Waals surface area contributed by atoms with Crippen LogP contribution in [0.15, 0.2) is 47.4 Å². The number of aryl methyl sites for hydroxylation is 1. The van der Waals surface area contributed by atoms with E-state index in [1.165, 1.54) is 31.4 Å². The molecule has 0 aromatic heterocycles. The summed E-state index contributed by atoms with van der Waals surface area (Å²) >= 11 is 0. The second-order valence-electron chi connectivity index (χ2n) is 4.82. The normalized spacial score (nSPS) is 11.0. The summed E-state index contributed by atoms with van der Waals surface area (Å²) in [5.41, 5.74) is 0.750. The van der Waals surface area contributed by atoms with E-state index in [1.54, 1.807) is 18.2 Å². The van der Waals surface area contributed by atoms with E-state index in [-0.39, 0.29) is 16.1 Å². The number of carboxylic acid groups (broad SMARTS) is 1. The van der Waals surface area contributed by atoms with E-state index in [2.05, 4.69) is 4.72 Å². The molecule has 2 N–H and O–H groups in total. The van der Waals surface area contributed by atoms with Gasteiger partial charge in [0.1, 0.15) is 5.75 Å². The Labute approximate surface area is 134 Å². The van der Waals surface area contributed by atoms with Crippen molar-refractivity contribution in [3.63, 3.8) is 0 Å². The zero-order valence-corrected chi connectivity index (χ0v) is 13.6. The van der Waals surface area contributed by atoms with Crippen LogP contribution in [0.2, 0.25) is 0 Å². The average Bonchev–Trinajstić information content (AvgIpc) is 2.54. The molecule has 7 heteroatoms. The van der Waals surface area contributed by atoms with Gasteiger partial charge >= 0.3 is 5.97 Å². The van der Waals surface area contributed by atoms with Gasteiger partial charge < -0.3 is 9.84 Å². The van der Waals surface area contributed by atoms with Crippen LogP contribution in [0.1, 0.15) is 22.8 Å². The topological polar surface area (TPSA) is 92.7 Å². The molecule has 2 aromatic rings. The van der Waals surface area contributed by atoms with Gasteiger partial charge in [-0.15, -0.1) is 0 Å². The highest BCUT2D eigenvalue weighted by Gasteiger charge is 2.19. The Kier molecular flexibility index (Phi) is 4.90. The van der Waals surface area contributed by atoms with E-state index in [0.29, 0.717) is 12.2 Å². The molecule has 0 aliphatic rings. The third kappa shape index (κ3) is 3.81. The molecule has 0 atom stereocenters. The van der Waals surface area contributed by atoms with Gasteiger partial charge in [0.15, 0.2) is 0 Å². The summed E-state index contributed by atoms with van der Waals surface area (Å²) in [4.78, 5) is 11.4. The van der Waals surface area contributed by atoms with Crippen molar-refractivity contribution >= 4 is 21.7 Å². The average molecular weight is 335 g/mol. The minimum atomic E-state index is -3.91. The Morgan fingerprint density at radius 3 is 2.57 bits per heavy atom. The number of carbonyl (C=O) groups is 1. The largest absolute Gasteiger partial charge is 0.497 e. The number of nitrogens with one attached hydrogen (secondary N) is 1. The number of carboxylic acids is 1. The lowest BCUT2D eigenvalue weighted by Gasteiger charge is -2.12. The molecule has 2 aromatic carbocycles. The summed E-state index contributed by atoms with van der Waals surface area (Å²) in [5, 5.41) is 9.28. The predicted molar refractivity (Wildman–Crippen MR) is 86.6 cm³/mol. The molecule has 6 nitrogen and oxygen atoms in total. The molecule has 0 radical (unpaired) electrons. The fourth-order valence-electron chi connectivity index (χ4n) is 2.05. The first kappa shape index (κ1) is 16.8. The highest BCUT2D eigenvalue weighted by Crippen LogP contribution is 2.24. The molecule has 0 unspecified atom stereocenters. The standard InChI is InChI=1S/C16H17NO5S/c1-3-11-7-8-15(14(9-11)16(18)19)17-23(20,21)13-6-4-5-12(10-13)22-2/h4-10,17H,3H2,1-2H3,(H,18,19). The van der Waals surface area contributed by atoms with Gasteiger partial charge in [-0.25, -0.2) is 13.2 Å². The van der Waals surface area contributed by atoms with Gasteiger partial charge in [-0.3, -0.25) is 4.72 Å². The molecule has 0 saturated heterocycles. The van der Waals surface area contributed by atoms with E-state index in [9.17, 15) is 18.3 Å². The number of anilines is 1. The first-order chi connectivity index (χ1) is 10.9. The number of sulfonamides is 1. The van der Waals surface area contributed by atoms with E-state index < -0.39 is 16.0 Å². The van der Waals surface area contributed by atoms with Crippen LogP contribution in [-0.2, 0) is 16.4 Å². The Bertz CT molecular complexity index is 830. The van der Waals surface area contributed by atoms with Crippen LogP contribution >= 0.6 is 0 Å². The maximum Gasteiger partial charge on any atom is 0.337 e. The number of hydrogen-bond acceptors (Lipinski definition) is 4. The van der Waals surface area contributed by atoms with E-state index in [1.807, 2.05) is 6.92 Å². The molecule has 0 saturated carbocycles. The Morgan fingerprint density at radius 1 is 1.22 bits per heavy atom. The quantitative estimate of drug-likeness (QED) is 0.847. The van der Waals surface area contributed by atoms with E-state index in [0.717, 1.165) is 5.56 Å². The van der Waals surface area contributed by atoms with Crippen molar-refractivity contribution in [2.75, 3.05) is 11.8 Å². The molecular weight excluding hydrogens is 318 g/mol. The molecule has 0 spiro atoms. The summed E-state index contributed by atoms with van der Waals surface area (Å²) in [7, 11) is -2.48. The van der Waals surface area contributed by atoms with Crippen LogP contribution in [-0.4, -0.2) is 26.6 Å². The number of aromatic carboxylic acids is 1. The summed E-state index contributed by atoms with van der Waals surface area (Å²) in [6, 6.07) is 10.6. The molecule has 122 valence electrons. The molecule has 0 heterocycles. The van der Waals surface area contributed by atoms with Crippen molar-refractivity contribution in [2.45, 2.75) is 18.2 Å². The van der Waals surface area contributed by atoms with Gasteiger partial charge in [0.25, 0.3) is 10.0 Å². The lowest BCUT2D eigenvalue weighted by atomic mass is 10.1. The zero-order chi connectivity index (χ0) is 17.0. The maximum absolute atomic E-state index is 12.4. The number of methoxy groups -OCH3 is 1. The Hall–Kier alpha value is -2.54. The highest BCUT2D eigenvalue weighted by molar-refractivity contribution is 7.92. The monoisotopic (exact) mass is 335 g/mol. The first-order valence-corrected chi connectivity index (χ1v) is 8.38. The third-order valence-electron chi connectivity index (χ3n) is 3.32. The minimum Gasteiger partial charge on any atom is -0.497 e. The number of ether oxygens (including phenoxy) is 1. The van der Waals surface area contributed by atoms with Crippen molar-refractivity contribution in [3.8, 4) is 5.75 Å². The SMILES string of the molecule is CCc1ccc(NS(=O)(=O)c2cccc(OC)c2)c(C(=O)O)c1. The van der Waals surface area contributed by atoms with Crippen molar-refractivity contribution < 1.29 is 23.1 Å². The van der Waals surface area contributed by atoms with Crippen LogP contribution in [0.3, 0.4) is 0 Å². The first-order valence-electron chi connectivity index (χ1n) is 6.90. The van der Waals surface area contributed by atoms with Crippen molar-refractivity contribution in [1.82, 2.24) is 0 Å². The number of rotatable bonds is 6. The molecular formula is C16H17NO5S. The molecule has 0 fully saturated rings. The van der Waals surface area contributed by atoms with Crippen LogP contribution in [0.25, 0.3) is 0 Å². The van der Waals surface area contributed by atoms with Crippen LogP contribution < -0.4 is 9.46 Å². The summed E-state index contributed by atoms with van der Waals surface area (Å²) in [5.74, 6) is -0.795. The molecule has 0 bridgehead atoms. The van der Waals surface area contributed by atoms with Crippen LogP contribution in [0.4, 0.5) is 5.69 Å². The molecule has 2 rings (SSSR count). The zero-order valence-electron chi connectivity index (χ0n) is 12.7. The maximum atomic E-state index is 12.4. The lowest BCUT2D eigenvalue weighted by molar-refractivity contribution is 0.0698. The van der Waals surface area contributed by atoms with E-state index in [4.69, 9.17) is 4.74 Å². The van der Waals surface area contributed by atoms with Gasteiger partial charge in [0, 0.05) is 6.07 Å². The van der Waals surface area contributed by atoms with E-state index >= 15 is 0 Å². The summed E-state index contributed by atoms with van der Waals surface area (Å²) in [6.45, 7) is 1.89. The van der Waals surface area contributed by atoms with Crippen molar-refractivity contribution in [3.05, 3.63) is 53.6 Å². The second kappa shape index (κ2) is 6.70. The smallest absolute Gasteiger partial charge is 0.337 e. The van der Waals surface area contributed by atoms with Crippen LogP contribution in [0, 0.1) is 0 Å². The van der Waals surface area contributed by atoms with Gasteiger partial charge in [0.05, 0.1) is 23.3 Å². The fraction of sp³-hybridized carbons (Fsp3) is 0.188. The fourth-order valence-corrected chi connectivity index (χ4v) is 3.16. The predicted octanol–water partition coefficient (Wildman–Crippen LogP) is 2.76. The molecule has 0 aliphatic heterocycles. The van der Waals surface area contributed by atoms with Gasteiger partial charge in [-0.2, -0.15) is 0 Å². The highest BCUT2D eigenvalue weighted by atomic mass is 32.2. The van der Waals surface area contributed by atoms with Crippen molar-refractivity contribution in [1.29, 1.82) is 0 Å². The second-order valence-corrected chi connectivity index (χ2v) is 6.51.